The molecule has 3 nitrogen and oxygen atoms in total. The Morgan fingerprint density at radius 1 is 1.18 bits per heavy atom. The van der Waals surface area contributed by atoms with Crippen molar-refractivity contribution in [3.05, 3.63) is 20.3 Å². The molecule has 0 aliphatic heterocycles. The predicted molar refractivity (Wildman–Crippen MR) is 76.4 cm³/mol. The molecule has 0 N–H and O–H groups in total. The Hall–Kier alpha value is -0.740. The molecule has 0 radical (unpaired) electrons. The molecule has 1 rings (SSSR count). The van der Waals surface area contributed by atoms with Crippen molar-refractivity contribution in [3.63, 3.8) is 0 Å². The molecule has 0 saturated heterocycles. The van der Waals surface area contributed by atoms with Gasteiger partial charge in [-0.05, 0) is 33.0 Å². The van der Waals surface area contributed by atoms with E-state index >= 15 is 0 Å². The van der Waals surface area contributed by atoms with Gasteiger partial charge in [-0.15, -0.1) is 0 Å². The van der Waals surface area contributed by atoms with Crippen LogP contribution in [-0.2, 0) is 6.42 Å². The van der Waals surface area contributed by atoms with Crippen molar-refractivity contribution < 1.29 is 0 Å². The number of rotatable bonds is 7. The lowest BCUT2D eigenvalue weighted by Gasteiger charge is -2.25. The highest BCUT2D eigenvalue weighted by Crippen LogP contribution is 2.21. The average Bonchev–Trinajstić information content (AvgIpc) is 2.33. The minimum Gasteiger partial charge on any atom is -0.373 e. The van der Waals surface area contributed by atoms with E-state index in [0.29, 0.717) is 4.51 Å². The van der Waals surface area contributed by atoms with Crippen LogP contribution in [0, 0.1) is 4.51 Å². The highest BCUT2D eigenvalue weighted by Gasteiger charge is 2.18. The SMILES string of the molecule is CCc1c(N(C)CCCN(C)CC)c(=S)c1=O. The molecule has 0 aliphatic carbocycles. The maximum Gasteiger partial charge on any atom is 0.204 e. The molecule has 0 aliphatic rings. The van der Waals surface area contributed by atoms with Crippen LogP contribution in [-0.4, -0.2) is 38.6 Å². The summed E-state index contributed by atoms with van der Waals surface area (Å²) in [5, 5.41) is 0. The van der Waals surface area contributed by atoms with Crippen molar-refractivity contribution in [2.75, 3.05) is 38.6 Å². The summed E-state index contributed by atoms with van der Waals surface area (Å²) in [7, 11) is 4.14. The molecule has 0 atom stereocenters. The summed E-state index contributed by atoms with van der Waals surface area (Å²) < 4.78 is 0.521. The smallest absolute Gasteiger partial charge is 0.204 e. The van der Waals surface area contributed by atoms with E-state index in [0.717, 1.165) is 43.7 Å². The van der Waals surface area contributed by atoms with E-state index in [1.54, 1.807) is 0 Å². The fourth-order valence-electron chi connectivity index (χ4n) is 2.01. The van der Waals surface area contributed by atoms with Gasteiger partial charge in [0.1, 0.15) is 4.51 Å². The fourth-order valence-corrected chi connectivity index (χ4v) is 2.41. The molecule has 0 heterocycles. The Balaban J connectivity index is 2.53. The summed E-state index contributed by atoms with van der Waals surface area (Å²) in [5.74, 6) is 0. The second-order valence-corrected chi connectivity index (χ2v) is 4.92. The lowest BCUT2D eigenvalue weighted by atomic mass is 10.0. The summed E-state index contributed by atoms with van der Waals surface area (Å²) in [6.45, 7) is 7.27. The number of hydrogen-bond donors (Lipinski definition) is 0. The van der Waals surface area contributed by atoms with Crippen molar-refractivity contribution in [3.8, 4) is 0 Å². The monoisotopic (exact) mass is 254 g/mol. The van der Waals surface area contributed by atoms with Gasteiger partial charge in [0.2, 0.25) is 5.43 Å². The Labute approximate surface area is 109 Å². The molecule has 17 heavy (non-hydrogen) atoms. The van der Waals surface area contributed by atoms with Crippen molar-refractivity contribution in [1.82, 2.24) is 4.90 Å². The molecule has 1 aromatic rings. The van der Waals surface area contributed by atoms with Gasteiger partial charge in [0.05, 0.1) is 5.69 Å². The van der Waals surface area contributed by atoms with Crippen LogP contribution in [0.25, 0.3) is 0 Å². The summed E-state index contributed by atoms with van der Waals surface area (Å²) in [5.41, 5.74) is 1.99. The zero-order chi connectivity index (χ0) is 13.0. The molecule has 4 heteroatoms. The molecule has 0 fully saturated rings. The molecule has 0 bridgehead atoms. The summed E-state index contributed by atoms with van der Waals surface area (Å²) in [6.07, 6.45) is 1.88. The van der Waals surface area contributed by atoms with Gasteiger partial charge >= 0.3 is 0 Å². The molecular formula is C13H22N2OS. The Morgan fingerprint density at radius 2 is 1.82 bits per heavy atom. The minimum absolute atomic E-state index is 0.0787. The highest BCUT2D eigenvalue weighted by molar-refractivity contribution is 7.71. The second kappa shape index (κ2) is 6.26. The first-order valence-corrected chi connectivity index (χ1v) is 6.65. The summed E-state index contributed by atoms with van der Waals surface area (Å²) in [6, 6.07) is 0. The largest absolute Gasteiger partial charge is 0.373 e. The third-order valence-corrected chi connectivity index (χ3v) is 3.67. The molecule has 0 saturated carbocycles. The van der Waals surface area contributed by atoms with Gasteiger partial charge < -0.3 is 9.80 Å². The van der Waals surface area contributed by atoms with Crippen LogP contribution < -0.4 is 10.3 Å². The van der Waals surface area contributed by atoms with Crippen LogP contribution >= 0.6 is 12.2 Å². The van der Waals surface area contributed by atoms with Gasteiger partial charge in [-0.1, -0.05) is 26.1 Å². The molecule has 1 aromatic carbocycles. The molecule has 0 amide bonds. The zero-order valence-electron chi connectivity index (χ0n) is 11.2. The van der Waals surface area contributed by atoms with Crippen molar-refractivity contribution in [1.29, 1.82) is 0 Å². The van der Waals surface area contributed by atoms with Crippen LogP contribution in [0.4, 0.5) is 5.69 Å². The first kappa shape index (κ1) is 14.3. The molecule has 0 spiro atoms. The van der Waals surface area contributed by atoms with E-state index in [-0.39, 0.29) is 5.43 Å². The van der Waals surface area contributed by atoms with Gasteiger partial charge in [-0.3, -0.25) is 4.79 Å². The van der Waals surface area contributed by atoms with E-state index in [9.17, 15) is 4.79 Å². The third-order valence-electron chi connectivity index (χ3n) is 3.29. The molecule has 0 unspecified atom stereocenters. The number of hydrogen-bond acceptors (Lipinski definition) is 4. The fraction of sp³-hybridized carbons (Fsp3) is 0.692. The van der Waals surface area contributed by atoms with Gasteiger partial charge in [-0.25, -0.2) is 0 Å². The third kappa shape index (κ3) is 3.13. The van der Waals surface area contributed by atoms with Crippen molar-refractivity contribution >= 4 is 17.9 Å². The standard InChI is InChI=1S/C13H22N2OS/c1-5-10-11(13(17)12(10)16)15(4)9-7-8-14(3)6-2/h5-9H2,1-4H3. The molecular weight excluding hydrogens is 232 g/mol. The van der Waals surface area contributed by atoms with Crippen LogP contribution in [0.3, 0.4) is 0 Å². The van der Waals surface area contributed by atoms with E-state index in [1.807, 2.05) is 14.0 Å². The maximum atomic E-state index is 11.5. The van der Waals surface area contributed by atoms with Crippen LogP contribution in [0.2, 0.25) is 0 Å². The lowest BCUT2D eigenvalue weighted by molar-refractivity contribution is 0.349. The summed E-state index contributed by atoms with van der Waals surface area (Å²) in [4.78, 5) is 15.9. The maximum absolute atomic E-state index is 11.5. The van der Waals surface area contributed by atoms with E-state index in [2.05, 4.69) is 23.8 Å². The van der Waals surface area contributed by atoms with Gasteiger partial charge in [-0.2, -0.15) is 0 Å². The Bertz CT molecular complexity index is 435. The quantitative estimate of drug-likeness (QED) is 0.694. The number of anilines is 1. The average molecular weight is 254 g/mol. The Kier molecular flexibility index (Phi) is 5.28. The van der Waals surface area contributed by atoms with Crippen LogP contribution in [0.1, 0.15) is 25.8 Å². The highest BCUT2D eigenvalue weighted by atomic mass is 32.1. The van der Waals surface area contributed by atoms with E-state index in [4.69, 9.17) is 12.2 Å². The Morgan fingerprint density at radius 3 is 2.35 bits per heavy atom. The van der Waals surface area contributed by atoms with Gasteiger partial charge in [0, 0.05) is 19.2 Å². The minimum atomic E-state index is 0.0787. The summed E-state index contributed by atoms with van der Waals surface area (Å²) >= 11 is 5.11. The zero-order valence-corrected chi connectivity index (χ0v) is 12.1. The van der Waals surface area contributed by atoms with Crippen LogP contribution in [0.5, 0.6) is 0 Å². The first-order chi connectivity index (χ1) is 8.02. The molecule has 0 aromatic heterocycles. The number of nitrogens with zero attached hydrogens (tertiary/aromatic N) is 2. The van der Waals surface area contributed by atoms with E-state index < -0.39 is 0 Å². The second-order valence-electron chi connectivity index (χ2n) is 4.51. The topological polar surface area (TPSA) is 23.6 Å². The first-order valence-electron chi connectivity index (χ1n) is 6.24. The molecule has 96 valence electrons. The normalized spacial score (nSPS) is 11.4. The van der Waals surface area contributed by atoms with Crippen molar-refractivity contribution in [2.45, 2.75) is 26.7 Å². The van der Waals surface area contributed by atoms with Crippen molar-refractivity contribution in [2.24, 2.45) is 0 Å². The van der Waals surface area contributed by atoms with Gasteiger partial charge in [0.15, 0.2) is 0 Å². The van der Waals surface area contributed by atoms with Gasteiger partial charge in [0.25, 0.3) is 0 Å². The van der Waals surface area contributed by atoms with Crippen LogP contribution in [0.15, 0.2) is 4.79 Å². The van der Waals surface area contributed by atoms with E-state index in [1.165, 1.54) is 0 Å². The predicted octanol–water partition coefficient (Wildman–Crippen LogP) is 1.99. The lowest BCUT2D eigenvalue weighted by Crippen LogP contribution is -2.31.